The van der Waals surface area contributed by atoms with E-state index in [4.69, 9.17) is 4.74 Å². The summed E-state index contributed by atoms with van der Waals surface area (Å²) in [7, 11) is 0. The van der Waals surface area contributed by atoms with E-state index < -0.39 is 0 Å². The summed E-state index contributed by atoms with van der Waals surface area (Å²) in [5.41, 5.74) is 1.51. The maximum atomic E-state index is 10.9. The molecule has 0 N–H and O–H groups in total. The van der Waals surface area contributed by atoms with Crippen LogP contribution in [-0.4, -0.2) is 12.6 Å². The number of allylic oxidation sites excluding steroid dienone is 2. The predicted octanol–water partition coefficient (Wildman–Crippen LogP) is 5.50. The molecule has 0 saturated carbocycles. The monoisotopic (exact) mass is 318 g/mol. The van der Waals surface area contributed by atoms with Crippen molar-refractivity contribution in [1.29, 1.82) is 0 Å². The van der Waals surface area contributed by atoms with Crippen molar-refractivity contribution in [3.8, 4) is 0 Å². The van der Waals surface area contributed by atoms with Gasteiger partial charge in [0, 0.05) is 11.8 Å². The van der Waals surface area contributed by atoms with Crippen molar-refractivity contribution >= 4 is 17.7 Å². The minimum absolute atomic E-state index is 0.182. The van der Waals surface area contributed by atoms with Crippen LogP contribution in [0.15, 0.2) is 40.1 Å². The molecular formula is C19H26O2S. The number of carbonyl (C=O) groups excluding carboxylic acids is 1. The number of esters is 1. The highest BCUT2D eigenvalue weighted by molar-refractivity contribution is 8.03. The van der Waals surface area contributed by atoms with E-state index in [1.807, 2.05) is 11.8 Å². The molecule has 1 aliphatic rings. The molecule has 1 unspecified atom stereocenters. The Morgan fingerprint density at radius 3 is 2.73 bits per heavy atom. The Hall–Kier alpha value is -1.22. The molecule has 0 saturated heterocycles. The lowest BCUT2D eigenvalue weighted by Crippen LogP contribution is -2.21. The Morgan fingerprint density at radius 2 is 2.05 bits per heavy atom. The van der Waals surface area contributed by atoms with Gasteiger partial charge >= 0.3 is 5.97 Å². The van der Waals surface area contributed by atoms with Crippen molar-refractivity contribution in [2.45, 2.75) is 57.8 Å². The smallest absolute Gasteiger partial charge is 0.302 e. The van der Waals surface area contributed by atoms with Gasteiger partial charge in [-0.15, -0.1) is 0 Å². The third-order valence-electron chi connectivity index (χ3n) is 4.28. The summed E-state index contributed by atoms with van der Waals surface area (Å²) in [6, 6.07) is 8.75. The van der Waals surface area contributed by atoms with Crippen LogP contribution in [0.4, 0.5) is 0 Å². The molecule has 1 aromatic carbocycles. The Labute approximate surface area is 138 Å². The second kappa shape index (κ2) is 7.87. The van der Waals surface area contributed by atoms with Crippen LogP contribution < -0.4 is 0 Å². The van der Waals surface area contributed by atoms with Crippen molar-refractivity contribution in [2.75, 3.05) is 6.61 Å². The van der Waals surface area contributed by atoms with Gasteiger partial charge in [-0.25, -0.2) is 0 Å². The molecule has 0 bridgehead atoms. The number of aryl methyl sites for hydroxylation is 1. The lowest BCUT2D eigenvalue weighted by molar-refractivity contribution is -0.141. The average Bonchev–Trinajstić information content (AvgIpc) is 2.48. The van der Waals surface area contributed by atoms with Gasteiger partial charge < -0.3 is 4.74 Å². The van der Waals surface area contributed by atoms with Crippen LogP contribution in [-0.2, 0) is 9.53 Å². The fourth-order valence-corrected chi connectivity index (χ4v) is 4.10. The summed E-state index contributed by atoms with van der Waals surface area (Å²) in [5, 5.41) is 0. The Bertz CT molecular complexity index is 533. The minimum Gasteiger partial charge on any atom is -0.466 e. The van der Waals surface area contributed by atoms with Crippen molar-refractivity contribution < 1.29 is 9.53 Å². The number of benzene rings is 1. The third-order valence-corrected chi connectivity index (χ3v) is 5.67. The van der Waals surface area contributed by atoms with Gasteiger partial charge in [0.15, 0.2) is 0 Å². The summed E-state index contributed by atoms with van der Waals surface area (Å²) >= 11 is 1.90. The topological polar surface area (TPSA) is 26.3 Å². The molecule has 2 nitrogen and oxygen atoms in total. The molecule has 0 amide bonds. The van der Waals surface area contributed by atoms with Crippen molar-refractivity contribution in [3.05, 3.63) is 40.8 Å². The van der Waals surface area contributed by atoms with Crippen molar-refractivity contribution in [1.82, 2.24) is 0 Å². The van der Waals surface area contributed by atoms with Crippen molar-refractivity contribution in [3.63, 3.8) is 0 Å². The zero-order valence-electron chi connectivity index (χ0n) is 13.9. The zero-order chi connectivity index (χ0) is 16.0. The molecule has 0 radical (unpaired) electrons. The number of rotatable bonds is 6. The quantitative estimate of drug-likeness (QED) is 0.511. The van der Waals surface area contributed by atoms with Gasteiger partial charge in [-0.05, 0) is 61.5 Å². The molecule has 3 heteroatoms. The number of carbonyl (C=O) groups is 1. The van der Waals surface area contributed by atoms with E-state index in [9.17, 15) is 4.79 Å². The second-order valence-corrected chi connectivity index (χ2v) is 7.50. The number of ether oxygens (including phenoxy) is 1. The van der Waals surface area contributed by atoms with Crippen molar-refractivity contribution in [2.24, 2.45) is 5.41 Å². The highest BCUT2D eigenvalue weighted by Crippen LogP contribution is 2.48. The van der Waals surface area contributed by atoms with Crippen LogP contribution in [0.2, 0.25) is 0 Å². The van der Waals surface area contributed by atoms with E-state index >= 15 is 0 Å². The lowest BCUT2D eigenvalue weighted by Gasteiger charge is -2.35. The van der Waals surface area contributed by atoms with Gasteiger partial charge in [-0.3, -0.25) is 4.79 Å². The maximum Gasteiger partial charge on any atom is 0.302 e. The number of hydrogen-bond acceptors (Lipinski definition) is 3. The van der Waals surface area contributed by atoms with Crippen LogP contribution in [0.3, 0.4) is 0 Å². The summed E-state index contributed by atoms with van der Waals surface area (Å²) in [5.74, 6) is -0.182. The summed E-state index contributed by atoms with van der Waals surface area (Å²) in [6.07, 6.45) is 8.06. The molecule has 2 rings (SSSR count). The van der Waals surface area contributed by atoms with E-state index in [1.165, 1.54) is 41.6 Å². The number of hydrogen-bond donors (Lipinski definition) is 0. The Kier molecular flexibility index (Phi) is 6.13. The van der Waals surface area contributed by atoms with E-state index in [0.717, 1.165) is 12.8 Å². The average molecular weight is 318 g/mol. The second-order valence-electron chi connectivity index (χ2n) is 6.38. The first-order chi connectivity index (χ1) is 10.5. The first kappa shape index (κ1) is 17.1. The lowest BCUT2D eigenvalue weighted by atomic mass is 9.77. The van der Waals surface area contributed by atoms with Crippen LogP contribution in [0.5, 0.6) is 0 Å². The summed E-state index contributed by atoms with van der Waals surface area (Å²) in [6.45, 7) is 6.48. The standard InChI is InChI=1S/C19H26O2S/c1-15-8-10-17(11-9-15)22-18-7-4-5-12-19(18,3)13-6-14-21-16(2)20/h7-11H,4-6,12-14H2,1-3H3. The molecule has 0 heterocycles. The summed E-state index contributed by atoms with van der Waals surface area (Å²) < 4.78 is 5.08. The van der Waals surface area contributed by atoms with E-state index in [2.05, 4.69) is 44.2 Å². The highest BCUT2D eigenvalue weighted by Gasteiger charge is 2.31. The molecule has 0 fully saturated rings. The molecule has 22 heavy (non-hydrogen) atoms. The van der Waals surface area contributed by atoms with E-state index in [-0.39, 0.29) is 11.4 Å². The predicted molar refractivity (Wildman–Crippen MR) is 92.9 cm³/mol. The molecule has 1 aliphatic carbocycles. The molecule has 0 aromatic heterocycles. The van der Waals surface area contributed by atoms with Crippen LogP contribution in [0.1, 0.15) is 51.5 Å². The molecular weight excluding hydrogens is 292 g/mol. The highest BCUT2D eigenvalue weighted by atomic mass is 32.2. The molecule has 1 aromatic rings. The summed E-state index contributed by atoms with van der Waals surface area (Å²) in [4.78, 5) is 13.7. The van der Waals surface area contributed by atoms with E-state index in [0.29, 0.717) is 6.61 Å². The van der Waals surface area contributed by atoms with Gasteiger partial charge in [-0.1, -0.05) is 42.5 Å². The van der Waals surface area contributed by atoms with Gasteiger partial charge in [0.25, 0.3) is 0 Å². The first-order valence-electron chi connectivity index (χ1n) is 8.08. The van der Waals surface area contributed by atoms with Gasteiger partial charge in [0.2, 0.25) is 0 Å². The zero-order valence-corrected chi connectivity index (χ0v) is 14.7. The fourth-order valence-electron chi connectivity index (χ4n) is 2.92. The van der Waals surface area contributed by atoms with Crippen LogP contribution in [0.25, 0.3) is 0 Å². The van der Waals surface area contributed by atoms with Crippen LogP contribution >= 0.6 is 11.8 Å². The Morgan fingerprint density at radius 1 is 1.32 bits per heavy atom. The molecule has 1 atom stereocenters. The van der Waals surface area contributed by atoms with Crippen LogP contribution in [0, 0.1) is 12.3 Å². The van der Waals surface area contributed by atoms with Gasteiger partial charge in [0.1, 0.15) is 0 Å². The largest absolute Gasteiger partial charge is 0.466 e. The maximum absolute atomic E-state index is 10.9. The SMILES string of the molecule is CC(=O)OCCCC1(C)CCCC=C1Sc1ccc(C)cc1. The molecule has 120 valence electrons. The molecule has 0 spiro atoms. The first-order valence-corrected chi connectivity index (χ1v) is 8.90. The number of thioether (sulfide) groups is 1. The molecule has 0 aliphatic heterocycles. The van der Waals surface area contributed by atoms with Gasteiger partial charge in [-0.2, -0.15) is 0 Å². The third kappa shape index (κ3) is 4.91. The van der Waals surface area contributed by atoms with Gasteiger partial charge in [0.05, 0.1) is 6.61 Å². The minimum atomic E-state index is -0.182. The normalized spacial score (nSPS) is 21.3. The fraction of sp³-hybridized carbons (Fsp3) is 0.526. The Balaban J connectivity index is 1.98. The van der Waals surface area contributed by atoms with E-state index in [1.54, 1.807) is 0 Å².